The summed E-state index contributed by atoms with van der Waals surface area (Å²) < 4.78 is 18.8. The Morgan fingerprint density at radius 3 is 2.57 bits per heavy atom. The van der Waals surface area contributed by atoms with Gasteiger partial charge in [0, 0.05) is 0 Å². The van der Waals surface area contributed by atoms with Gasteiger partial charge in [-0.25, -0.2) is 9.82 Å². The van der Waals surface area contributed by atoms with Crippen molar-refractivity contribution in [3.05, 3.63) is 59.4 Å². The smallest absolute Gasteiger partial charge is 0.262 e. The van der Waals surface area contributed by atoms with Gasteiger partial charge in [0.25, 0.3) is 11.8 Å². The molecule has 2 amide bonds. The van der Waals surface area contributed by atoms with Crippen LogP contribution in [-0.4, -0.2) is 36.3 Å². The molecular weight excluding hydrogens is 365 g/mol. The molecule has 7 nitrogen and oxygen atoms in total. The van der Waals surface area contributed by atoms with E-state index in [9.17, 15) is 19.1 Å². The van der Waals surface area contributed by atoms with Gasteiger partial charge >= 0.3 is 0 Å². The molecule has 0 saturated carbocycles. The minimum absolute atomic E-state index is 0.0144. The second-order valence-corrected chi connectivity index (χ2v) is 6.34. The molecule has 0 aromatic heterocycles. The molecule has 0 saturated heterocycles. The zero-order valence-corrected chi connectivity index (χ0v) is 15.8. The molecule has 148 valence electrons. The van der Waals surface area contributed by atoms with Gasteiger partial charge in [0.2, 0.25) is 0 Å². The Kier molecular flexibility index (Phi) is 7.08. The number of hydrogen-bond donors (Lipinski definition) is 3. The zero-order valence-electron chi connectivity index (χ0n) is 15.8. The van der Waals surface area contributed by atoms with Crippen molar-refractivity contribution in [2.24, 2.45) is 11.0 Å². The van der Waals surface area contributed by atoms with Crippen molar-refractivity contribution in [2.45, 2.75) is 19.9 Å². The van der Waals surface area contributed by atoms with Crippen LogP contribution in [0.3, 0.4) is 0 Å². The molecular formula is C20H22FN3O4. The van der Waals surface area contributed by atoms with Crippen LogP contribution in [0.1, 0.15) is 29.8 Å². The van der Waals surface area contributed by atoms with Crippen LogP contribution < -0.4 is 15.5 Å². The summed E-state index contributed by atoms with van der Waals surface area (Å²) in [6.45, 7) is 3.50. The van der Waals surface area contributed by atoms with Crippen LogP contribution in [-0.2, 0) is 4.79 Å². The largest absolute Gasteiger partial charge is 0.504 e. The quantitative estimate of drug-likeness (QED) is 0.502. The van der Waals surface area contributed by atoms with Gasteiger partial charge in [-0.15, -0.1) is 0 Å². The lowest BCUT2D eigenvalue weighted by molar-refractivity contribution is -0.123. The first-order chi connectivity index (χ1) is 13.3. The molecule has 28 heavy (non-hydrogen) atoms. The van der Waals surface area contributed by atoms with Crippen molar-refractivity contribution in [3.63, 3.8) is 0 Å². The summed E-state index contributed by atoms with van der Waals surface area (Å²) in [7, 11) is 1.42. The van der Waals surface area contributed by atoms with Gasteiger partial charge in [0.15, 0.2) is 11.5 Å². The Balaban J connectivity index is 2.05. The molecule has 0 radical (unpaired) electrons. The number of phenols is 1. The van der Waals surface area contributed by atoms with Gasteiger partial charge < -0.3 is 15.2 Å². The maximum atomic E-state index is 13.8. The van der Waals surface area contributed by atoms with E-state index in [0.29, 0.717) is 5.56 Å². The molecule has 2 aromatic rings. The zero-order chi connectivity index (χ0) is 20.7. The van der Waals surface area contributed by atoms with Crippen LogP contribution in [0.5, 0.6) is 11.5 Å². The normalized spacial score (nSPS) is 12.0. The third kappa shape index (κ3) is 5.29. The molecule has 3 N–H and O–H groups in total. The number of ether oxygens (including phenoxy) is 1. The summed E-state index contributed by atoms with van der Waals surface area (Å²) in [5.74, 6) is -1.88. The Hall–Kier alpha value is -3.42. The van der Waals surface area contributed by atoms with E-state index in [4.69, 9.17) is 4.74 Å². The van der Waals surface area contributed by atoms with E-state index in [1.165, 1.54) is 37.6 Å². The number of halogens is 1. The molecule has 0 aliphatic carbocycles. The van der Waals surface area contributed by atoms with Crippen molar-refractivity contribution < 1.29 is 23.8 Å². The molecule has 0 aliphatic heterocycles. The van der Waals surface area contributed by atoms with E-state index in [-0.39, 0.29) is 23.0 Å². The van der Waals surface area contributed by atoms with Gasteiger partial charge in [-0.3, -0.25) is 9.59 Å². The van der Waals surface area contributed by atoms with Crippen LogP contribution in [0.15, 0.2) is 47.6 Å². The lowest BCUT2D eigenvalue weighted by atomic mass is 10.0. The fraction of sp³-hybridized carbons (Fsp3) is 0.250. The monoisotopic (exact) mass is 387 g/mol. The van der Waals surface area contributed by atoms with Crippen LogP contribution in [0, 0.1) is 11.7 Å². The van der Waals surface area contributed by atoms with E-state index in [2.05, 4.69) is 15.8 Å². The first-order valence-corrected chi connectivity index (χ1v) is 8.58. The number of nitrogens with zero attached hydrogens (tertiary/aromatic N) is 1. The van der Waals surface area contributed by atoms with Gasteiger partial charge in [-0.05, 0) is 41.8 Å². The van der Waals surface area contributed by atoms with Gasteiger partial charge in [-0.2, -0.15) is 5.10 Å². The van der Waals surface area contributed by atoms with E-state index in [0.717, 1.165) is 0 Å². The molecule has 0 spiro atoms. The molecule has 8 heteroatoms. The fourth-order valence-electron chi connectivity index (χ4n) is 2.41. The first-order valence-electron chi connectivity index (χ1n) is 8.58. The minimum atomic E-state index is -0.904. The molecule has 0 heterocycles. The van der Waals surface area contributed by atoms with Gasteiger partial charge in [-0.1, -0.05) is 26.0 Å². The topological polar surface area (TPSA) is 100 Å². The summed E-state index contributed by atoms with van der Waals surface area (Å²) in [5, 5.41) is 16.0. The lowest BCUT2D eigenvalue weighted by Gasteiger charge is -2.20. The van der Waals surface area contributed by atoms with Gasteiger partial charge in [0.1, 0.15) is 11.9 Å². The highest BCUT2D eigenvalue weighted by atomic mass is 19.1. The molecule has 1 unspecified atom stereocenters. The van der Waals surface area contributed by atoms with Crippen LogP contribution in [0.25, 0.3) is 0 Å². The minimum Gasteiger partial charge on any atom is -0.504 e. The summed E-state index contributed by atoms with van der Waals surface area (Å²) in [6.07, 6.45) is 1.37. The average Bonchev–Trinajstić information content (AvgIpc) is 2.67. The molecule has 0 aliphatic rings. The van der Waals surface area contributed by atoms with E-state index >= 15 is 0 Å². The Bertz CT molecular complexity index is 884. The summed E-state index contributed by atoms with van der Waals surface area (Å²) in [5.41, 5.74) is 2.81. The van der Waals surface area contributed by atoms with Crippen LogP contribution >= 0.6 is 0 Å². The maximum Gasteiger partial charge on any atom is 0.262 e. The predicted molar refractivity (Wildman–Crippen MR) is 103 cm³/mol. The molecule has 2 aromatic carbocycles. The molecule has 2 rings (SSSR count). The first kappa shape index (κ1) is 20.9. The number of aromatic hydroxyl groups is 1. The third-order valence-corrected chi connectivity index (χ3v) is 3.95. The molecule has 0 bridgehead atoms. The van der Waals surface area contributed by atoms with E-state index in [1.807, 2.05) is 0 Å². The number of hydrazone groups is 1. The third-order valence-electron chi connectivity index (χ3n) is 3.95. The fourth-order valence-corrected chi connectivity index (χ4v) is 2.41. The number of carbonyl (C=O) groups excluding carboxylic acids is 2. The Morgan fingerprint density at radius 2 is 1.93 bits per heavy atom. The summed E-state index contributed by atoms with van der Waals surface area (Å²) in [6, 6.07) is 9.21. The number of methoxy groups -OCH3 is 1. The predicted octanol–water partition coefficient (Wildman–Crippen LogP) is 2.44. The highest BCUT2D eigenvalue weighted by molar-refractivity contribution is 5.98. The number of rotatable bonds is 7. The van der Waals surface area contributed by atoms with Crippen LogP contribution in [0.4, 0.5) is 4.39 Å². The number of amides is 2. The summed E-state index contributed by atoms with van der Waals surface area (Å²) in [4.78, 5) is 24.7. The number of phenolic OH excluding ortho intramolecular Hbond substituents is 1. The van der Waals surface area contributed by atoms with Gasteiger partial charge in [0.05, 0.1) is 18.9 Å². The van der Waals surface area contributed by atoms with Crippen LogP contribution in [0.2, 0.25) is 0 Å². The second kappa shape index (κ2) is 9.50. The van der Waals surface area contributed by atoms with E-state index in [1.54, 1.807) is 32.0 Å². The summed E-state index contributed by atoms with van der Waals surface area (Å²) >= 11 is 0. The number of carbonyl (C=O) groups is 2. The SMILES string of the molecule is COc1cc(/C=N/NC(=O)C(NC(=O)c2ccccc2F)C(C)C)ccc1O. The number of benzene rings is 2. The Labute approximate surface area is 162 Å². The maximum absolute atomic E-state index is 13.8. The van der Waals surface area contributed by atoms with Crippen molar-refractivity contribution in [3.8, 4) is 11.5 Å². The number of hydrogen-bond acceptors (Lipinski definition) is 5. The van der Waals surface area contributed by atoms with Crippen molar-refractivity contribution in [2.75, 3.05) is 7.11 Å². The van der Waals surface area contributed by atoms with Crippen molar-refractivity contribution >= 4 is 18.0 Å². The highest BCUT2D eigenvalue weighted by Crippen LogP contribution is 2.25. The Morgan fingerprint density at radius 1 is 1.21 bits per heavy atom. The average molecular weight is 387 g/mol. The standard InChI is InChI=1S/C20H22FN3O4/c1-12(2)18(23-19(26)14-6-4-5-7-15(14)21)20(27)24-22-11-13-8-9-16(25)17(10-13)28-3/h4-12,18,25H,1-3H3,(H,23,26)(H,24,27)/b22-11+. The van der Waals surface area contributed by atoms with E-state index < -0.39 is 23.7 Å². The number of nitrogens with one attached hydrogen (secondary N) is 2. The molecule has 1 atom stereocenters. The lowest BCUT2D eigenvalue weighted by Crippen LogP contribution is -2.48. The second-order valence-electron chi connectivity index (χ2n) is 6.34. The highest BCUT2D eigenvalue weighted by Gasteiger charge is 2.25. The van der Waals surface area contributed by atoms with Crippen molar-refractivity contribution in [1.29, 1.82) is 0 Å². The van der Waals surface area contributed by atoms with Crippen molar-refractivity contribution in [1.82, 2.24) is 10.7 Å². The molecule has 0 fully saturated rings.